The molecule has 1 aliphatic heterocycles. The Kier molecular flexibility index (Phi) is 8.77. The second-order valence-electron chi connectivity index (χ2n) is 7.48. The van der Waals surface area contributed by atoms with Crippen LogP contribution in [-0.2, 0) is 21.2 Å². The van der Waals surface area contributed by atoms with Gasteiger partial charge in [0.15, 0.2) is 0 Å². The van der Waals surface area contributed by atoms with Gasteiger partial charge < -0.3 is 5.32 Å². The van der Waals surface area contributed by atoms with Gasteiger partial charge in [-0.05, 0) is 49.3 Å². The molecule has 0 saturated carbocycles. The van der Waals surface area contributed by atoms with Crippen molar-refractivity contribution in [3.63, 3.8) is 0 Å². The van der Waals surface area contributed by atoms with E-state index < -0.39 is 10.0 Å². The quantitative estimate of drug-likeness (QED) is 0.622. The molecule has 0 bridgehead atoms. The fourth-order valence-corrected chi connectivity index (χ4v) is 4.97. The molecule has 1 amide bonds. The molecule has 0 spiro atoms. The molecule has 1 aromatic rings. The molecular weight excluding hydrogens is 360 g/mol. The molecule has 0 radical (unpaired) electrons. The monoisotopic (exact) mass is 394 g/mol. The zero-order valence-corrected chi connectivity index (χ0v) is 17.6. The van der Waals surface area contributed by atoms with E-state index in [1.165, 1.54) is 19.3 Å². The topological polar surface area (TPSA) is 66.5 Å². The zero-order valence-electron chi connectivity index (χ0n) is 16.7. The van der Waals surface area contributed by atoms with E-state index in [1.54, 1.807) is 16.4 Å². The normalized spacial score (nSPS) is 16.4. The maximum absolute atomic E-state index is 12.5. The van der Waals surface area contributed by atoms with Crippen LogP contribution in [0, 0.1) is 5.92 Å². The summed E-state index contributed by atoms with van der Waals surface area (Å²) >= 11 is 0. The van der Waals surface area contributed by atoms with E-state index in [2.05, 4.69) is 19.2 Å². The Morgan fingerprint density at radius 1 is 1.15 bits per heavy atom. The first-order chi connectivity index (χ1) is 13.0. The average Bonchev–Trinajstić information content (AvgIpc) is 3.22. The fraction of sp³-hybridized carbons (Fsp3) is 0.667. The van der Waals surface area contributed by atoms with Crippen molar-refractivity contribution in [3.05, 3.63) is 29.8 Å². The summed E-state index contributed by atoms with van der Waals surface area (Å²) in [5.74, 6) is 0.627. The van der Waals surface area contributed by atoms with Crippen molar-refractivity contribution < 1.29 is 13.2 Å². The lowest BCUT2D eigenvalue weighted by molar-refractivity contribution is -0.121. The van der Waals surface area contributed by atoms with Gasteiger partial charge in [0.25, 0.3) is 0 Å². The number of carbonyl (C=O) groups is 1. The van der Waals surface area contributed by atoms with Crippen molar-refractivity contribution in [2.45, 2.75) is 70.1 Å². The first kappa shape index (κ1) is 21.9. The summed E-state index contributed by atoms with van der Waals surface area (Å²) in [6, 6.07) is 6.98. The van der Waals surface area contributed by atoms with Crippen molar-refractivity contribution >= 4 is 15.9 Å². The van der Waals surface area contributed by atoms with Crippen LogP contribution in [0.3, 0.4) is 0 Å². The number of nitrogens with zero attached hydrogens (tertiary/aromatic N) is 1. The number of amides is 1. The van der Waals surface area contributed by atoms with Gasteiger partial charge in [-0.25, -0.2) is 8.42 Å². The highest BCUT2D eigenvalue weighted by Gasteiger charge is 2.26. The maximum atomic E-state index is 12.5. The standard InChI is InChI=1S/C21H34N2O3S/c1-3-5-8-18(4-2)17-22-21(24)14-11-19-9-12-20(13-10-19)27(25,26)23-15-6-7-16-23/h9-10,12-13,18H,3-8,11,14-17H2,1-2H3,(H,22,24). The number of sulfonamides is 1. The van der Waals surface area contributed by atoms with Gasteiger partial charge in [-0.2, -0.15) is 4.31 Å². The number of nitrogens with one attached hydrogen (secondary N) is 1. The summed E-state index contributed by atoms with van der Waals surface area (Å²) < 4.78 is 26.6. The maximum Gasteiger partial charge on any atom is 0.243 e. The third-order valence-electron chi connectivity index (χ3n) is 5.40. The van der Waals surface area contributed by atoms with Crippen molar-refractivity contribution in [2.24, 2.45) is 5.92 Å². The highest BCUT2D eigenvalue weighted by atomic mass is 32.2. The zero-order chi connectivity index (χ0) is 19.7. The van der Waals surface area contributed by atoms with Gasteiger partial charge in [-0.15, -0.1) is 0 Å². The second-order valence-corrected chi connectivity index (χ2v) is 9.41. The summed E-state index contributed by atoms with van der Waals surface area (Å²) in [6.45, 7) is 6.34. The van der Waals surface area contributed by atoms with Crippen LogP contribution in [0.15, 0.2) is 29.2 Å². The summed E-state index contributed by atoms with van der Waals surface area (Å²) in [6.07, 6.45) is 7.58. The van der Waals surface area contributed by atoms with Gasteiger partial charge in [0.1, 0.15) is 0 Å². The van der Waals surface area contributed by atoms with Gasteiger partial charge in [-0.3, -0.25) is 4.79 Å². The Bertz CT molecular complexity index is 680. The van der Waals surface area contributed by atoms with Crippen molar-refractivity contribution in [2.75, 3.05) is 19.6 Å². The first-order valence-corrected chi connectivity index (χ1v) is 11.8. The van der Waals surface area contributed by atoms with Crippen LogP contribution in [0.4, 0.5) is 0 Å². The van der Waals surface area contributed by atoms with Gasteiger partial charge in [0.05, 0.1) is 4.90 Å². The molecule has 5 nitrogen and oxygen atoms in total. The molecule has 27 heavy (non-hydrogen) atoms. The molecule has 0 aliphatic carbocycles. The van der Waals surface area contributed by atoms with E-state index in [0.717, 1.165) is 31.4 Å². The number of rotatable bonds is 11. The molecule has 1 unspecified atom stereocenters. The predicted molar refractivity (Wildman–Crippen MR) is 109 cm³/mol. The molecule has 1 atom stereocenters. The van der Waals surface area contributed by atoms with Gasteiger partial charge in [0.2, 0.25) is 15.9 Å². The van der Waals surface area contributed by atoms with Crippen molar-refractivity contribution in [1.29, 1.82) is 0 Å². The molecule has 1 N–H and O–H groups in total. The molecular formula is C21H34N2O3S. The number of hydrogen-bond acceptors (Lipinski definition) is 3. The van der Waals surface area contributed by atoms with Crippen LogP contribution in [-0.4, -0.2) is 38.3 Å². The van der Waals surface area contributed by atoms with E-state index in [4.69, 9.17) is 0 Å². The molecule has 1 heterocycles. The third kappa shape index (κ3) is 6.61. The average molecular weight is 395 g/mol. The lowest BCUT2D eigenvalue weighted by atomic mass is 9.99. The number of aryl methyl sites for hydroxylation is 1. The molecule has 2 rings (SSSR count). The summed E-state index contributed by atoms with van der Waals surface area (Å²) in [4.78, 5) is 12.4. The summed E-state index contributed by atoms with van der Waals surface area (Å²) in [7, 11) is -3.36. The Morgan fingerprint density at radius 3 is 2.41 bits per heavy atom. The minimum Gasteiger partial charge on any atom is -0.356 e. The second kappa shape index (κ2) is 10.8. The Balaban J connectivity index is 1.80. The van der Waals surface area contributed by atoms with Crippen LogP contribution in [0.5, 0.6) is 0 Å². The van der Waals surface area contributed by atoms with Crippen LogP contribution >= 0.6 is 0 Å². The number of benzene rings is 1. The SMILES string of the molecule is CCCCC(CC)CNC(=O)CCc1ccc(S(=O)(=O)N2CCCC2)cc1. The first-order valence-electron chi connectivity index (χ1n) is 10.3. The van der Waals surface area contributed by atoms with Gasteiger partial charge >= 0.3 is 0 Å². The molecule has 6 heteroatoms. The number of carbonyl (C=O) groups excluding carboxylic acids is 1. The number of hydrogen-bond donors (Lipinski definition) is 1. The van der Waals surface area contributed by atoms with Crippen LogP contribution in [0.2, 0.25) is 0 Å². The van der Waals surface area contributed by atoms with Crippen LogP contribution in [0.1, 0.15) is 64.4 Å². The van der Waals surface area contributed by atoms with Crippen molar-refractivity contribution in [1.82, 2.24) is 9.62 Å². The van der Waals surface area contributed by atoms with Gasteiger partial charge in [-0.1, -0.05) is 45.2 Å². The van der Waals surface area contributed by atoms with E-state index in [-0.39, 0.29) is 5.91 Å². The highest BCUT2D eigenvalue weighted by Crippen LogP contribution is 2.21. The molecule has 152 valence electrons. The van der Waals surface area contributed by atoms with Crippen LogP contribution in [0.25, 0.3) is 0 Å². The molecule has 1 aliphatic rings. The lowest BCUT2D eigenvalue weighted by Gasteiger charge is -2.16. The fourth-order valence-electron chi connectivity index (χ4n) is 3.45. The van der Waals surface area contributed by atoms with E-state index in [9.17, 15) is 13.2 Å². The number of unbranched alkanes of at least 4 members (excludes halogenated alkanes) is 1. The third-order valence-corrected chi connectivity index (χ3v) is 7.31. The van der Waals surface area contributed by atoms with Crippen molar-refractivity contribution in [3.8, 4) is 0 Å². The Labute approximate surface area is 164 Å². The Morgan fingerprint density at radius 2 is 1.81 bits per heavy atom. The summed E-state index contributed by atoms with van der Waals surface area (Å²) in [5.41, 5.74) is 0.989. The Hall–Kier alpha value is -1.40. The van der Waals surface area contributed by atoms with E-state index in [1.807, 2.05) is 12.1 Å². The molecule has 1 saturated heterocycles. The molecule has 1 fully saturated rings. The summed E-state index contributed by atoms with van der Waals surface area (Å²) in [5, 5.41) is 3.04. The minimum atomic E-state index is -3.36. The minimum absolute atomic E-state index is 0.0683. The van der Waals surface area contributed by atoms with Gasteiger partial charge in [0, 0.05) is 26.1 Å². The van der Waals surface area contributed by atoms with E-state index >= 15 is 0 Å². The highest BCUT2D eigenvalue weighted by molar-refractivity contribution is 7.89. The predicted octanol–water partition coefficient (Wildman–Crippen LogP) is 3.74. The largest absolute Gasteiger partial charge is 0.356 e. The molecule has 0 aromatic heterocycles. The van der Waals surface area contributed by atoms with Crippen LogP contribution < -0.4 is 5.32 Å². The van der Waals surface area contributed by atoms with E-state index in [0.29, 0.717) is 36.7 Å². The smallest absolute Gasteiger partial charge is 0.243 e. The lowest BCUT2D eigenvalue weighted by Crippen LogP contribution is -2.29. The molecule has 1 aromatic carbocycles.